The van der Waals surface area contributed by atoms with E-state index < -0.39 is 0 Å². The smallest absolute Gasteiger partial charge is 0.119 e. The van der Waals surface area contributed by atoms with E-state index in [2.05, 4.69) is 38.2 Å². The average Bonchev–Trinajstić information content (AvgIpc) is 2.41. The molecule has 1 aromatic rings. The van der Waals surface area contributed by atoms with E-state index in [0.29, 0.717) is 5.92 Å². The van der Waals surface area contributed by atoms with Crippen molar-refractivity contribution in [1.29, 1.82) is 0 Å². The summed E-state index contributed by atoms with van der Waals surface area (Å²) in [5.41, 5.74) is 1.04. The fourth-order valence-electron chi connectivity index (χ4n) is 1.66. The van der Waals surface area contributed by atoms with Crippen LogP contribution in [0.3, 0.4) is 0 Å². The normalized spacial score (nSPS) is 10.9. The van der Waals surface area contributed by atoms with Crippen molar-refractivity contribution in [2.75, 3.05) is 33.8 Å². The zero-order chi connectivity index (χ0) is 15.0. The summed E-state index contributed by atoms with van der Waals surface area (Å²) in [5.74, 6) is 1.44. The molecule has 4 heteroatoms. The lowest BCUT2D eigenvalue weighted by Gasteiger charge is -2.12. The number of rotatable bonds is 8. The van der Waals surface area contributed by atoms with Gasteiger partial charge in [0.15, 0.2) is 0 Å². The fourth-order valence-corrected chi connectivity index (χ4v) is 1.90. The maximum Gasteiger partial charge on any atom is 0.119 e. The van der Waals surface area contributed by atoms with Crippen LogP contribution < -0.4 is 10.1 Å². The molecule has 0 atom stereocenters. The van der Waals surface area contributed by atoms with Gasteiger partial charge in [-0.05, 0) is 57.2 Å². The summed E-state index contributed by atoms with van der Waals surface area (Å²) in [5, 5.41) is 3.29. The highest BCUT2D eigenvalue weighted by Gasteiger charge is 2.02. The third-order valence-corrected chi connectivity index (χ3v) is 3.15. The van der Waals surface area contributed by atoms with Crippen LogP contribution in [0.4, 0.5) is 0 Å². The van der Waals surface area contributed by atoms with Gasteiger partial charge in [-0.2, -0.15) is 0 Å². The minimum atomic E-state index is 0.536. The van der Waals surface area contributed by atoms with E-state index in [1.54, 1.807) is 0 Å². The summed E-state index contributed by atoms with van der Waals surface area (Å²) in [6.07, 6.45) is 1.09. The van der Waals surface area contributed by atoms with Crippen LogP contribution in [0, 0.1) is 5.92 Å². The highest BCUT2D eigenvalue weighted by atomic mass is 32.1. The van der Waals surface area contributed by atoms with Gasteiger partial charge in [0.1, 0.15) is 10.7 Å². The first-order valence-electron chi connectivity index (χ1n) is 7.15. The molecule has 0 heterocycles. The Balaban J connectivity index is 2.37. The lowest BCUT2D eigenvalue weighted by Crippen LogP contribution is -2.26. The molecule has 0 saturated carbocycles. The summed E-state index contributed by atoms with van der Waals surface area (Å²) < 4.78 is 5.66. The Bertz CT molecular complexity index is 401. The maximum atomic E-state index is 5.66. The monoisotopic (exact) mass is 294 g/mol. The largest absolute Gasteiger partial charge is 0.493 e. The van der Waals surface area contributed by atoms with E-state index in [0.717, 1.165) is 42.4 Å². The van der Waals surface area contributed by atoms with Crippen molar-refractivity contribution in [2.45, 2.75) is 20.3 Å². The standard InChI is InChI=1S/C16H26N2OS/c1-13(2)12-19-15-8-6-14(7-9-15)16(20)17-10-5-11-18(3)4/h6-9,13H,5,10-12H2,1-4H3,(H,17,20). The molecule has 0 bridgehead atoms. The minimum absolute atomic E-state index is 0.536. The second kappa shape index (κ2) is 8.93. The third kappa shape index (κ3) is 6.87. The fraction of sp³-hybridized carbons (Fsp3) is 0.562. The predicted molar refractivity (Wildman–Crippen MR) is 89.6 cm³/mol. The number of ether oxygens (including phenoxy) is 1. The van der Waals surface area contributed by atoms with Crippen molar-refractivity contribution in [3.8, 4) is 5.75 Å². The van der Waals surface area contributed by atoms with Crippen molar-refractivity contribution in [1.82, 2.24) is 10.2 Å². The summed E-state index contributed by atoms with van der Waals surface area (Å²) in [6, 6.07) is 7.98. The van der Waals surface area contributed by atoms with Crippen molar-refractivity contribution in [3.63, 3.8) is 0 Å². The lowest BCUT2D eigenvalue weighted by molar-refractivity contribution is 0.271. The molecule has 0 unspecified atom stereocenters. The average molecular weight is 294 g/mol. The van der Waals surface area contributed by atoms with E-state index in [1.165, 1.54) is 0 Å². The van der Waals surface area contributed by atoms with Crippen LogP contribution in [0.1, 0.15) is 25.8 Å². The predicted octanol–water partition coefficient (Wildman–Crippen LogP) is 2.94. The molecule has 0 saturated heterocycles. The number of hydrogen-bond acceptors (Lipinski definition) is 3. The zero-order valence-corrected chi connectivity index (χ0v) is 13.8. The molecular formula is C16H26N2OS. The SMILES string of the molecule is CC(C)COc1ccc(C(=S)NCCCN(C)C)cc1. The van der Waals surface area contributed by atoms with Gasteiger partial charge >= 0.3 is 0 Å². The van der Waals surface area contributed by atoms with E-state index >= 15 is 0 Å². The Kier molecular flexibility index (Phi) is 7.55. The quantitative estimate of drug-likeness (QED) is 0.588. The Morgan fingerprint density at radius 1 is 1.25 bits per heavy atom. The summed E-state index contributed by atoms with van der Waals surface area (Å²) in [7, 11) is 4.16. The van der Waals surface area contributed by atoms with Crippen LogP contribution in [0.2, 0.25) is 0 Å². The lowest BCUT2D eigenvalue weighted by atomic mass is 10.2. The first-order chi connectivity index (χ1) is 9.49. The minimum Gasteiger partial charge on any atom is -0.493 e. The van der Waals surface area contributed by atoms with Gasteiger partial charge in [0.25, 0.3) is 0 Å². The van der Waals surface area contributed by atoms with Crippen molar-refractivity contribution >= 4 is 17.2 Å². The van der Waals surface area contributed by atoms with E-state index in [4.69, 9.17) is 17.0 Å². The van der Waals surface area contributed by atoms with Crippen LogP contribution in [-0.4, -0.2) is 43.7 Å². The highest BCUT2D eigenvalue weighted by Crippen LogP contribution is 2.13. The van der Waals surface area contributed by atoms with E-state index in [1.807, 2.05) is 24.3 Å². The number of hydrogen-bond donors (Lipinski definition) is 1. The molecule has 3 nitrogen and oxygen atoms in total. The second-order valence-corrected chi connectivity index (χ2v) is 6.05. The molecule has 1 aromatic carbocycles. The van der Waals surface area contributed by atoms with Gasteiger partial charge in [-0.15, -0.1) is 0 Å². The highest BCUT2D eigenvalue weighted by molar-refractivity contribution is 7.80. The zero-order valence-electron chi connectivity index (χ0n) is 13.0. The van der Waals surface area contributed by atoms with Crippen molar-refractivity contribution in [2.24, 2.45) is 5.92 Å². The third-order valence-electron chi connectivity index (χ3n) is 2.77. The molecule has 112 valence electrons. The number of nitrogens with zero attached hydrogens (tertiary/aromatic N) is 1. The molecule has 0 aliphatic heterocycles. The molecule has 0 radical (unpaired) electrons. The van der Waals surface area contributed by atoms with Gasteiger partial charge in [-0.1, -0.05) is 26.1 Å². The van der Waals surface area contributed by atoms with Gasteiger partial charge in [0.05, 0.1) is 6.61 Å². The van der Waals surface area contributed by atoms with Gasteiger partial charge in [0.2, 0.25) is 0 Å². The summed E-state index contributed by atoms with van der Waals surface area (Å²) in [6.45, 7) is 7.00. The summed E-state index contributed by atoms with van der Waals surface area (Å²) >= 11 is 5.38. The molecule has 0 aromatic heterocycles. The second-order valence-electron chi connectivity index (χ2n) is 5.64. The Morgan fingerprint density at radius 3 is 2.45 bits per heavy atom. The molecule has 0 spiro atoms. The molecule has 0 aliphatic carbocycles. The van der Waals surface area contributed by atoms with Crippen molar-refractivity contribution in [3.05, 3.63) is 29.8 Å². The van der Waals surface area contributed by atoms with Gasteiger partial charge < -0.3 is 15.0 Å². The van der Waals surface area contributed by atoms with Crippen LogP contribution in [0.15, 0.2) is 24.3 Å². The van der Waals surface area contributed by atoms with Crippen LogP contribution in [0.5, 0.6) is 5.75 Å². The van der Waals surface area contributed by atoms with Crippen molar-refractivity contribution < 1.29 is 4.74 Å². The molecule has 0 aliphatic rings. The first kappa shape index (κ1) is 16.9. The van der Waals surface area contributed by atoms with Gasteiger partial charge in [-0.25, -0.2) is 0 Å². The van der Waals surface area contributed by atoms with Crippen LogP contribution in [-0.2, 0) is 0 Å². The summed E-state index contributed by atoms with van der Waals surface area (Å²) in [4.78, 5) is 2.98. The topological polar surface area (TPSA) is 24.5 Å². The Morgan fingerprint density at radius 2 is 1.90 bits per heavy atom. The van der Waals surface area contributed by atoms with E-state index in [-0.39, 0.29) is 0 Å². The first-order valence-corrected chi connectivity index (χ1v) is 7.55. The van der Waals surface area contributed by atoms with E-state index in [9.17, 15) is 0 Å². The Labute approximate surface area is 128 Å². The molecule has 0 fully saturated rings. The maximum absolute atomic E-state index is 5.66. The molecular weight excluding hydrogens is 268 g/mol. The molecule has 0 amide bonds. The molecule has 20 heavy (non-hydrogen) atoms. The molecule has 1 N–H and O–H groups in total. The number of benzene rings is 1. The van der Waals surface area contributed by atoms with Crippen LogP contribution >= 0.6 is 12.2 Å². The molecule has 1 rings (SSSR count). The van der Waals surface area contributed by atoms with Crippen LogP contribution in [0.25, 0.3) is 0 Å². The van der Waals surface area contributed by atoms with Gasteiger partial charge in [-0.3, -0.25) is 0 Å². The number of thiocarbonyl (C=S) groups is 1. The Hall–Kier alpha value is -1.13. The number of nitrogens with one attached hydrogen (secondary N) is 1. The van der Waals surface area contributed by atoms with Gasteiger partial charge in [0, 0.05) is 12.1 Å².